The highest BCUT2D eigenvalue weighted by Crippen LogP contribution is 2.16. The first-order chi connectivity index (χ1) is 7.76. The predicted molar refractivity (Wildman–Crippen MR) is 68.8 cm³/mol. The van der Waals surface area contributed by atoms with Crippen LogP contribution in [0.3, 0.4) is 0 Å². The molecule has 6 heteroatoms. The Balaban J connectivity index is 2.46. The third-order valence-corrected chi connectivity index (χ3v) is 5.68. The fraction of sp³-hybridized carbons (Fsp3) is 1.00. The molecule has 102 valence electrons. The SMILES string of the molecule is CC(C)(C)S(=O)(=O)CCN1CCOC(CN)C1. The number of hydrogen-bond donors (Lipinski definition) is 1. The Morgan fingerprint density at radius 1 is 1.41 bits per heavy atom. The van der Waals surface area contributed by atoms with E-state index in [-0.39, 0.29) is 11.9 Å². The molecule has 0 spiro atoms. The van der Waals surface area contributed by atoms with Crippen LogP contribution in [-0.4, -0.2) is 62.7 Å². The van der Waals surface area contributed by atoms with Crippen LogP contribution in [0, 0.1) is 0 Å². The molecular weight excluding hydrogens is 240 g/mol. The zero-order valence-corrected chi connectivity index (χ0v) is 11.8. The van der Waals surface area contributed by atoms with Gasteiger partial charge in [0.05, 0.1) is 23.2 Å². The maximum atomic E-state index is 12.0. The number of nitrogens with zero attached hydrogens (tertiary/aromatic N) is 1. The topological polar surface area (TPSA) is 72.6 Å². The summed E-state index contributed by atoms with van der Waals surface area (Å²) in [5, 5.41) is 0. The van der Waals surface area contributed by atoms with E-state index in [0.29, 0.717) is 19.7 Å². The highest BCUT2D eigenvalue weighted by molar-refractivity contribution is 7.92. The van der Waals surface area contributed by atoms with Gasteiger partial charge in [0.15, 0.2) is 9.84 Å². The summed E-state index contributed by atoms with van der Waals surface area (Å²) in [5.41, 5.74) is 5.55. The molecule has 0 radical (unpaired) electrons. The number of morpholine rings is 1. The van der Waals surface area contributed by atoms with Crippen LogP contribution >= 0.6 is 0 Å². The van der Waals surface area contributed by atoms with Crippen molar-refractivity contribution in [1.29, 1.82) is 0 Å². The van der Waals surface area contributed by atoms with E-state index in [9.17, 15) is 8.42 Å². The van der Waals surface area contributed by atoms with Crippen LogP contribution in [0.25, 0.3) is 0 Å². The van der Waals surface area contributed by atoms with Crippen molar-refractivity contribution in [2.75, 3.05) is 38.5 Å². The summed E-state index contributed by atoms with van der Waals surface area (Å²) in [5.74, 6) is 0.202. The number of hydrogen-bond acceptors (Lipinski definition) is 5. The summed E-state index contributed by atoms with van der Waals surface area (Å²) in [6.45, 7) is 8.44. The van der Waals surface area contributed by atoms with Crippen molar-refractivity contribution in [2.24, 2.45) is 5.73 Å². The van der Waals surface area contributed by atoms with Crippen molar-refractivity contribution < 1.29 is 13.2 Å². The van der Waals surface area contributed by atoms with E-state index in [4.69, 9.17) is 10.5 Å². The zero-order valence-electron chi connectivity index (χ0n) is 11.0. The third kappa shape index (κ3) is 4.21. The van der Waals surface area contributed by atoms with Crippen molar-refractivity contribution in [3.63, 3.8) is 0 Å². The third-order valence-electron chi connectivity index (χ3n) is 3.10. The zero-order chi connectivity index (χ0) is 13.1. The number of ether oxygens (including phenoxy) is 1. The molecule has 5 nitrogen and oxygen atoms in total. The van der Waals surface area contributed by atoms with E-state index in [0.717, 1.165) is 13.1 Å². The van der Waals surface area contributed by atoms with Crippen LogP contribution < -0.4 is 5.73 Å². The fourth-order valence-corrected chi connectivity index (χ4v) is 2.79. The minimum Gasteiger partial charge on any atom is -0.374 e. The van der Waals surface area contributed by atoms with Gasteiger partial charge < -0.3 is 10.5 Å². The van der Waals surface area contributed by atoms with Crippen molar-refractivity contribution in [3.05, 3.63) is 0 Å². The van der Waals surface area contributed by atoms with Crippen molar-refractivity contribution in [3.8, 4) is 0 Å². The molecule has 0 aromatic carbocycles. The van der Waals surface area contributed by atoms with Crippen LogP contribution in [-0.2, 0) is 14.6 Å². The first kappa shape index (κ1) is 14.9. The summed E-state index contributed by atoms with van der Waals surface area (Å²) in [6.07, 6.45) is 0.0427. The van der Waals surface area contributed by atoms with Gasteiger partial charge in [-0.25, -0.2) is 8.42 Å². The van der Waals surface area contributed by atoms with Crippen molar-refractivity contribution in [2.45, 2.75) is 31.6 Å². The molecule has 1 fully saturated rings. The van der Waals surface area contributed by atoms with Crippen LogP contribution in [0.5, 0.6) is 0 Å². The van der Waals surface area contributed by atoms with Gasteiger partial charge in [0.1, 0.15) is 0 Å². The molecule has 0 saturated carbocycles. The van der Waals surface area contributed by atoms with Gasteiger partial charge in [0.2, 0.25) is 0 Å². The highest BCUT2D eigenvalue weighted by Gasteiger charge is 2.29. The average molecular weight is 264 g/mol. The van der Waals surface area contributed by atoms with E-state index in [1.165, 1.54) is 0 Å². The maximum absolute atomic E-state index is 12.0. The Morgan fingerprint density at radius 2 is 2.06 bits per heavy atom. The van der Waals surface area contributed by atoms with Gasteiger partial charge in [0.25, 0.3) is 0 Å². The van der Waals surface area contributed by atoms with Gasteiger partial charge in [-0.15, -0.1) is 0 Å². The Bertz CT molecular complexity index is 335. The molecule has 1 rings (SSSR count). The normalized spacial score (nSPS) is 23.9. The number of nitrogens with two attached hydrogens (primary N) is 1. The van der Waals surface area contributed by atoms with Crippen LogP contribution in [0.4, 0.5) is 0 Å². The lowest BCUT2D eigenvalue weighted by molar-refractivity contribution is -0.0210. The Morgan fingerprint density at radius 3 is 2.59 bits per heavy atom. The van der Waals surface area contributed by atoms with E-state index in [1.54, 1.807) is 20.8 Å². The second kappa shape index (κ2) is 5.65. The van der Waals surface area contributed by atoms with Gasteiger partial charge in [-0.2, -0.15) is 0 Å². The monoisotopic (exact) mass is 264 g/mol. The molecule has 0 bridgehead atoms. The molecule has 2 N–H and O–H groups in total. The smallest absolute Gasteiger partial charge is 0.156 e. The summed E-state index contributed by atoms with van der Waals surface area (Å²) >= 11 is 0. The molecule has 0 amide bonds. The van der Waals surface area contributed by atoms with Gasteiger partial charge in [-0.3, -0.25) is 4.90 Å². The molecule has 1 saturated heterocycles. The van der Waals surface area contributed by atoms with E-state index in [2.05, 4.69) is 4.90 Å². The molecule has 1 atom stereocenters. The quantitative estimate of drug-likeness (QED) is 0.765. The lowest BCUT2D eigenvalue weighted by atomic mass is 10.3. The Kier molecular flexibility index (Phi) is 4.95. The van der Waals surface area contributed by atoms with Gasteiger partial charge in [0, 0.05) is 26.2 Å². The Hall–Kier alpha value is -0.170. The highest BCUT2D eigenvalue weighted by atomic mass is 32.2. The van der Waals surface area contributed by atoms with Crippen molar-refractivity contribution >= 4 is 9.84 Å². The molecular formula is C11H24N2O3S. The first-order valence-electron chi connectivity index (χ1n) is 6.02. The number of rotatable bonds is 4. The molecule has 0 aromatic heterocycles. The van der Waals surface area contributed by atoms with Crippen LogP contribution in [0.2, 0.25) is 0 Å². The second-order valence-corrected chi connectivity index (χ2v) is 8.32. The van der Waals surface area contributed by atoms with Gasteiger partial charge in [-0.1, -0.05) is 0 Å². The largest absolute Gasteiger partial charge is 0.374 e. The van der Waals surface area contributed by atoms with E-state index >= 15 is 0 Å². The summed E-state index contributed by atoms with van der Waals surface area (Å²) in [4.78, 5) is 2.12. The fourth-order valence-electron chi connectivity index (χ4n) is 1.68. The van der Waals surface area contributed by atoms with E-state index < -0.39 is 14.6 Å². The Labute approximate surface area is 104 Å². The minimum absolute atomic E-state index is 0.0427. The maximum Gasteiger partial charge on any atom is 0.156 e. The lowest BCUT2D eigenvalue weighted by Gasteiger charge is -2.32. The molecule has 17 heavy (non-hydrogen) atoms. The van der Waals surface area contributed by atoms with Crippen molar-refractivity contribution in [1.82, 2.24) is 4.90 Å². The summed E-state index contributed by atoms with van der Waals surface area (Å²) < 4.78 is 28.7. The van der Waals surface area contributed by atoms with E-state index in [1.807, 2.05) is 0 Å². The van der Waals surface area contributed by atoms with Crippen LogP contribution in [0.1, 0.15) is 20.8 Å². The molecule has 0 aromatic rings. The lowest BCUT2D eigenvalue weighted by Crippen LogP contribution is -2.47. The molecule has 1 aliphatic heterocycles. The average Bonchev–Trinajstić information content (AvgIpc) is 2.25. The minimum atomic E-state index is -3.04. The predicted octanol–water partition coefficient (Wildman–Crippen LogP) is -0.141. The van der Waals surface area contributed by atoms with Gasteiger partial charge in [-0.05, 0) is 20.8 Å². The molecule has 1 heterocycles. The number of sulfone groups is 1. The summed E-state index contributed by atoms with van der Waals surface area (Å²) in [7, 11) is -3.04. The molecule has 1 aliphatic rings. The molecule has 0 aliphatic carbocycles. The standard InChI is InChI=1S/C11H24N2O3S/c1-11(2,3)17(14,15)7-5-13-4-6-16-10(8-12)9-13/h10H,4-9,12H2,1-3H3. The first-order valence-corrected chi connectivity index (χ1v) is 7.68. The molecule has 1 unspecified atom stereocenters. The van der Waals surface area contributed by atoms with Crippen LogP contribution in [0.15, 0.2) is 0 Å². The summed E-state index contributed by atoms with van der Waals surface area (Å²) in [6, 6.07) is 0. The second-order valence-electron chi connectivity index (χ2n) is 5.46. The van der Waals surface area contributed by atoms with Gasteiger partial charge >= 0.3 is 0 Å².